The summed E-state index contributed by atoms with van der Waals surface area (Å²) in [5.74, 6) is 0.128. The van der Waals surface area contributed by atoms with Crippen LogP contribution in [0, 0.1) is 0 Å². The third-order valence-corrected chi connectivity index (χ3v) is 7.04. The smallest absolute Gasteiger partial charge is 0.264 e. The van der Waals surface area contributed by atoms with E-state index in [1.54, 1.807) is 24.4 Å². The van der Waals surface area contributed by atoms with Crippen LogP contribution >= 0.6 is 23.2 Å². The Hall–Kier alpha value is -3.39. The van der Waals surface area contributed by atoms with Crippen LogP contribution in [-0.2, 0) is 16.6 Å². The van der Waals surface area contributed by atoms with Crippen molar-refractivity contribution in [2.75, 3.05) is 7.05 Å². The lowest BCUT2D eigenvalue weighted by molar-refractivity contribution is 0.591. The average Bonchev–Trinajstić information content (AvgIpc) is 2.88. The van der Waals surface area contributed by atoms with Gasteiger partial charge in [0.25, 0.3) is 10.0 Å². The highest BCUT2D eigenvalue weighted by Crippen LogP contribution is 2.32. The van der Waals surface area contributed by atoms with Crippen molar-refractivity contribution in [2.45, 2.75) is 11.4 Å². The van der Waals surface area contributed by atoms with Crippen molar-refractivity contribution in [3.05, 3.63) is 107 Å². The molecule has 0 aliphatic heterocycles. The van der Waals surface area contributed by atoms with Gasteiger partial charge in [0, 0.05) is 41.0 Å². The minimum absolute atomic E-state index is 0.128. The van der Waals surface area contributed by atoms with Crippen LogP contribution in [0.25, 0.3) is 22.4 Å². The second-order valence-corrected chi connectivity index (χ2v) is 10.2. The van der Waals surface area contributed by atoms with Crippen LogP contribution in [0.5, 0.6) is 0 Å². The van der Waals surface area contributed by atoms with Gasteiger partial charge in [0.1, 0.15) is 0 Å². The van der Waals surface area contributed by atoms with Gasteiger partial charge < -0.3 is 5.32 Å². The molecular formula is C26H22Cl2N4O2S. The number of nitrogens with zero attached hydrogens (tertiary/aromatic N) is 2. The number of aliphatic imine (C=N–C) groups is 1. The van der Waals surface area contributed by atoms with Crippen molar-refractivity contribution in [3.8, 4) is 22.4 Å². The molecule has 1 aromatic heterocycles. The van der Waals surface area contributed by atoms with Gasteiger partial charge >= 0.3 is 0 Å². The molecule has 4 rings (SSSR count). The van der Waals surface area contributed by atoms with Crippen molar-refractivity contribution in [1.29, 1.82) is 0 Å². The Balaban J connectivity index is 1.60. The number of sulfonamides is 1. The van der Waals surface area contributed by atoms with Gasteiger partial charge in [0.2, 0.25) is 5.96 Å². The first-order valence-corrected chi connectivity index (χ1v) is 12.9. The predicted octanol–water partition coefficient (Wildman–Crippen LogP) is 5.78. The van der Waals surface area contributed by atoms with Gasteiger partial charge in [0.15, 0.2) is 0 Å². The molecule has 1 heterocycles. The third-order valence-electron chi connectivity index (χ3n) is 5.19. The predicted molar refractivity (Wildman–Crippen MR) is 142 cm³/mol. The van der Waals surface area contributed by atoms with E-state index < -0.39 is 10.0 Å². The second kappa shape index (κ2) is 10.9. The Kier molecular flexibility index (Phi) is 7.70. The molecule has 9 heteroatoms. The summed E-state index contributed by atoms with van der Waals surface area (Å²) in [7, 11) is -2.25. The molecule has 0 atom stereocenters. The minimum atomic E-state index is -3.76. The second-order valence-electron chi connectivity index (χ2n) is 7.60. The lowest BCUT2D eigenvalue weighted by Crippen LogP contribution is -2.40. The largest absolute Gasteiger partial charge is 0.351 e. The zero-order valence-electron chi connectivity index (χ0n) is 18.7. The van der Waals surface area contributed by atoms with Crippen LogP contribution in [0.1, 0.15) is 5.56 Å². The molecule has 6 nitrogen and oxygen atoms in total. The van der Waals surface area contributed by atoms with Gasteiger partial charge in [-0.15, -0.1) is 0 Å². The van der Waals surface area contributed by atoms with Crippen LogP contribution in [0.15, 0.2) is 101 Å². The molecule has 0 saturated carbocycles. The Bertz CT molecular complexity index is 1440. The highest BCUT2D eigenvalue weighted by Gasteiger charge is 2.16. The van der Waals surface area contributed by atoms with E-state index in [0.717, 1.165) is 27.9 Å². The van der Waals surface area contributed by atoms with Gasteiger partial charge in [-0.2, -0.15) is 0 Å². The summed E-state index contributed by atoms with van der Waals surface area (Å²) in [5.41, 5.74) is 4.41. The quantitative estimate of drug-likeness (QED) is 0.247. The molecular weight excluding hydrogens is 503 g/mol. The molecule has 178 valence electrons. The Morgan fingerprint density at radius 3 is 2.09 bits per heavy atom. The Labute approximate surface area is 214 Å². The first-order chi connectivity index (χ1) is 16.9. The maximum atomic E-state index is 12.6. The van der Waals surface area contributed by atoms with E-state index in [9.17, 15) is 8.42 Å². The standard InChI is InChI=1S/C26H22Cl2N4O2S/c1-29-26(32-35(33,34)23-5-3-2-4-6-23)31-17-18-15-24(19-7-11-21(27)12-8-19)25(30-16-18)20-9-13-22(28)14-10-20/h2-16H,17H2,1H3,(H2,29,31,32). The third kappa shape index (κ3) is 6.19. The van der Waals surface area contributed by atoms with Crippen molar-refractivity contribution < 1.29 is 8.42 Å². The number of pyridine rings is 1. The molecule has 0 bridgehead atoms. The molecule has 0 aliphatic rings. The van der Waals surface area contributed by atoms with Gasteiger partial charge in [-0.3, -0.25) is 9.98 Å². The Morgan fingerprint density at radius 2 is 1.49 bits per heavy atom. The van der Waals surface area contributed by atoms with Crippen molar-refractivity contribution in [2.24, 2.45) is 4.99 Å². The fraction of sp³-hybridized carbons (Fsp3) is 0.0769. The monoisotopic (exact) mass is 524 g/mol. The van der Waals surface area contributed by atoms with E-state index in [0.29, 0.717) is 16.6 Å². The normalized spacial score (nSPS) is 11.8. The summed E-state index contributed by atoms with van der Waals surface area (Å²) in [6, 6.07) is 25.1. The summed E-state index contributed by atoms with van der Waals surface area (Å²) in [6.45, 7) is 0.304. The highest BCUT2D eigenvalue weighted by atomic mass is 35.5. The van der Waals surface area contributed by atoms with Crippen LogP contribution in [0.3, 0.4) is 0 Å². The zero-order valence-corrected chi connectivity index (χ0v) is 21.1. The number of hydrogen-bond donors (Lipinski definition) is 2. The summed E-state index contributed by atoms with van der Waals surface area (Å²) in [5, 5.41) is 4.33. The Morgan fingerprint density at radius 1 is 0.886 bits per heavy atom. The SMILES string of the molecule is CN=C(NCc1cnc(-c2ccc(Cl)cc2)c(-c2ccc(Cl)cc2)c1)NS(=O)(=O)c1ccccc1. The number of rotatable bonds is 6. The number of aromatic nitrogens is 1. The zero-order chi connectivity index (χ0) is 24.8. The van der Waals surface area contributed by atoms with Crippen molar-refractivity contribution in [1.82, 2.24) is 15.0 Å². The topological polar surface area (TPSA) is 83.4 Å². The molecule has 0 unspecified atom stereocenters. The number of hydrogen-bond acceptors (Lipinski definition) is 4. The molecule has 0 saturated heterocycles. The minimum Gasteiger partial charge on any atom is -0.351 e. The lowest BCUT2D eigenvalue weighted by Gasteiger charge is -2.15. The number of nitrogens with one attached hydrogen (secondary N) is 2. The maximum absolute atomic E-state index is 12.6. The fourth-order valence-electron chi connectivity index (χ4n) is 3.42. The number of guanidine groups is 1. The summed E-state index contributed by atoms with van der Waals surface area (Å²) >= 11 is 12.2. The molecule has 4 aromatic rings. The molecule has 35 heavy (non-hydrogen) atoms. The van der Waals surface area contributed by atoms with E-state index in [4.69, 9.17) is 28.2 Å². The first kappa shape index (κ1) is 24.7. The number of benzene rings is 3. The molecule has 0 aliphatic carbocycles. The van der Waals surface area contributed by atoms with Crippen LogP contribution < -0.4 is 10.0 Å². The van der Waals surface area contributed by atoms with E-state index in [1.807, 2.05) is 54.6 Å². The van der Waals surface area contributed by atoms with Crippen LogP contribution in [0.4, 0.5) is 0 Å². The van der Waals surface area contributed by atoms with E-state index in [1.165, 1.54) is 19.2 Å². The van der Waals surface area contributed by atoms with Gasteiger partial charge in [-0.1, -0.05) is 65.7 Å². The molecule has 0 spiro atoms. The van der Waals surface area contributed by atoms with E-state index in [2.05, 4.69) is 15.0 Å². The summed E-state index contributed by atoms with van der Waals surface area (Å²) in [4.78, 5) is 8.91. The van der Waals surface area contributed by atoms with Crippen molar-refractivity contribution in [3.63, 3.8) is 0 Å². The average molecular weight is 525 g/mol. The summed E-state index contributed by atoms with van der Waals surface area (Å²) in [6.07, 6.45) is 1.75. The van der Waals surface area contributed by atoms with Gasteiger partial charge in [-0.25, -0.2) is 13.1 Å². The van der Waals surface area contributed by atoms with Crippen molar-refractivity contribution >= 4 is 39.2 Å². The highest BCUT2D eigenvalue weighted by molar-refractivity contribution is 7.90. The molecule has 2 N–H and O–H groups in total. The number of halogens is 2. The van der Waals surface area contributed by atoms with E-state index in [-0.39, 0.29) is 10.9 Å². The first-order valence-electron chi connectivity index (χ1n) is 10.6. The molecule has 0 amide bonds. The van der Waals surface area contributed by atoms with Gasteiger partial charge in [-0.05, 0) is 53.6 Å². The molecule has 3 aromatic carbocycles. The summed E-state index contributed by atoms with van der Waals surface area (Å²) < 4.78 is 27.8. The van der Waals surface area contributed by atoms with Gasteiger partial charge in [0.05, 0.1) is 10.6 Å². The van der Waals surface area contributed by atoms with Crippen LogP contribution in [0.2, 0.25) is 10.0 Å². The van der Waals surface area contributed by atoms with E-state index >= 15 is 0 Å². The molecule has 0 radical (unpaired) electrons. The maximum Gasteiger partial charge on any atom is 0.264 e. The fourth-order valence-corrected chi connectivity index (χ4v) is 4.73. The van der Waals surface area contributed by atoms with Crippen LogP contribution in [-0.4, -0.2) is 26.4 Å². The molecule has 0 fully saturated rings. The lowest BCUT2D eigenvalue weighted by atomic mass is 9.98.